The first kappa shape index (κ1) is 13.9. The summed E-state index contributed by atoms with van der Waals surface area (Å²) in [5.41, 5.74) is 1.80. The van der Waals surface area contributed by atoms with E-state index in [1.165, 1.54) is 6.07 Å². The van der Waals surface area contributed by atoms with Gasteiger partial charge in [0, 0.05) is 5.02 Å². The Bertz CT molecular complexity index is 640. The van der Waals surface area contributed by atoms with E-state index >= 15 is 0 Å². The van der Waals surface area contributed by atoms with Crippen molar-refractivity contribution < 1.29 is 13.2 Å². The maximum atomic E-state index is 10.9. The Balaban J connectivity index is 2.09. The lowest BCUT2D eigenvalue weighted by Crippen LogP contribution is -1.97. The molecular weight excluding hydrogens is 284 g/mol. The van der Waals surface area contributed by atoms with E-state index in [9.17, 15) is 8.42 Å². The van der Waals surface area contributed by atoms with Gasteiger partial charge in [-0.2, -0.15) is 0 Å². The summed E-state index contributed by atoms with van der Waals surface area (Å²) in [5, 5.41) is 0.684. The average molecular weight is 297 g/mol. The largest absolute Gasteiger partial charge is 0.489 e. The number of hydrogen-bond acceptors (Lipinski definition) is 3. The minimum atomic E-state index is -2.55. The van der Waals surface area contributed by atoms with Crippen molar-refractivity contribution in [3.05, 3.63) is 58.6 Å². The molecule has 0 fully saturated rings. The number of hydrogen-bond donors (Lipinski definition) is 1. The van der Waals surface area contributed by atoms with Gasteiger partial charge in [-0.25, -0.2) is 8.42 Å². The van der Waals surface area contributed by atoms with Gasteiger partial charge in [0.2, 0.25) is 0 Å². The molecular formula is C14H13ClO3S. The lowest BCUT2D eigenvalue weighted by Gasteiger charge is -2.09. The van der Waals surface area contributed by atoms with E-state index in [0.717, 1.165) is 11.1 Å². The predicted molar refractivity (Wildman–Crippen MR) is 75.5 cm³/mol. The fourth-order valence-corrected chi connectivity index (χ4v) is 2.27. The molecule has 0 saturated carbocycles. The molecule has 5 heteroatoms. The standard InChI is InChI=1S/C14H13ClO3S/c1-10-8-13(19(16)17)6-7-14(10)18-9-11-2-4-12(15)5-3-11/h2-8,19H,9H2,1H3. The number of aryl methyl sites for hydroxylation is 1. The van der Waals surface area contributed by atoms with Gasteiger partial charge >= 0.3 is 0 Å². The van der Waals surface area contributed by atoms with Crippen LogP contribution in [0.2, 0.25) is 5.02 Å². The average Bonchev–Trinajstić information content (AvgIpc) is 2.39. The van der Waals surface area contributed by atoms with Crippen LogP contribution >= 0.6 is 11.6 Å². The van der Waals surface area contributed by atoms with Crippen molar-refractivity contribution in [1.82, 2.24) is 0 Å². The highest BCUT2D eigenvalue weighted by Gasteiger charge is 2.03. The van der Waals surface area contributed by atoms with Gasteiger partial charge in [0.25, 0.3) is 0 Å². The van der Waals surface area contributed by atoms with Gasteiger partial charge in [0.15, 0.2) is 10.7 Å². The van der Waals surface area contributed by atoms with Gasteiger partial charge < -0.3 is 4.74 Å². The molecule has 2 aromatic carbocycles. The molecule has 19 heavy (non-hydrogen) atoms. The monoisotopic (exact) mass is 296 g/mol. The summed E-state index contributed by atoms with van der Waals surface area (Å²) < 4.78 is 27.4. The van der Waals surface area contributed by atoms with Crippen molar-refractivity contribution in [2.24, 2.45) is 0 Å². The second-order valence-electron chi connectivity index (χ2n) is 4.12. The Hall–Kier alpha value is -1.52. The van der Waals surface area contributed by atoms with Crippen LogP contribution in [0.3, 0.4) is 0 Å². The Morgan fingerprint density at radius 3 is 2.37 bits per heavy atom. The van der Waals surface area contributed by atoms with E-state index < -0.39 is 10.7 Å². The molecule has 0 N–H and O–H groups in total. The molecule has 0 aliphatic carbocycles. The van der Waals surface area contributed by atoms with Crippen LogP contribution in [-0.2, 0) is 17.3 Å². The first-order chi connectivity index (χ1) is 9.06. The molecule has 0 radical (unpaired) electrons. The van der Waals surface area contributed by atoms with Gasteiger partial charge in [-0.05, 0) is 48.4 Å². The molecule has 0 unspecified atom stereocenters. The summed E-state index contributed by atoms with van der Waals surface area (Å²) >= 11 is 5.80. The van der Waals surface area contributed by atoms with E-state index in [4.69, 9.17) is 16.3 Å². The number of rotatable bonds is 4. The van der Waals surface area contributed by atoms with E-state index in [1.807, 2.05) is 19.1 Å². The third-order valence-electron chi connectivity index (χ3n) is 2.68. The maximum absolute atomic E-state index is 10.9. The minimum Gasteiger partial charge on any atom is -0.489 e. The third kappa shape index (κ3) is 3.72. The summed E-state index contributed by atoms with van der Waals surface area (Å²) in [5.74, 6) is 0.676. The molecule has 0 atom stereocenters. The van der Waals surface area contributed by atoms with Crippen LogP contribution in [0.25, 0.3) is 0 Å². The van der Waals surface area contributed by atoms with Crippen LogP contribution in [0, 0.1) is 6.92 Å². The number of halogens is 1. The van der Waals surface area contributed by atoms with Crippen LogP contribution in [0.15, 0.2) is 47.4 Å². The molecule has 3 nitrogen and oxygen atoms in total. The maximum Gasteiger partial charge on any atom is 0.168 e. The molecule has 0 heterocycles. The van der Waals surface area contributed by atoms with Gasteiger partial charge in [0.05, 0.1) is 4.90 Å². The molecule has 0 aliphatic heterocycles. The Morgan fingerprint density at radius 2 is 1.79 bits per heavy atom. The van der Waals surface area contributed by atoms with Crippen molar-refractivity contribution in [2.75, 3.05) is 0 Å². The first-order valence-corrected chi connectivity index (χ1v) is 7.24. The SMILES string of the molecule is Cc1cc([SH](=O)=O)ccc1OCc1ccc(Cl)cc1. The zero-order valence-electron chi connectivity index (χ0n) is 10.3. The molecule has 2 rings (SSSR count). The Kier molecular flexibility index (Phi) is 4.45. The lowest BCUT2D eigenvalue weighted by atomic mass is 10.2. The molecule has 2 aromatic rings. The Morgan fingerprint density at radius 1 is 1.11 bits per heavy atom. The van der Waals surface area contributed by atoms with E-state index in [-0.39, 0.29) is 0 Å². The van der Waals surface area contributed by atoms with Crippen LogP contribution in [0.4, 0.5) is 0 Å². The topological polar surface area (TPSA) is 43.4 Å². The van der Waals surface area contributed by atoms with Crippen molar-refractivity contribution in [3.8, 4) is 5.75 Å². The van der Waals surface area contributed by atoms with Gasteiger partial charge in [-0.15, -0.1) is 0 Å². The number of ether oxygens (including phenoxy) is 1. The van der Waals surface area contributed by atoms with Crippen LogP contribution in [0.1, 0.15) is 11.1 Å². The van der Waals surface area contributed by atoms with E-state index in [2.05, 4.69) is 0 Å². The van der Waals surface area contributed by atoms with Crippen molar-refractivity contribution in [1.29, 1.82) is 0 Å². The minimum absolute atomic E-state index is 0.298. The predicted octanol–water partition coefficient (Wildman–Crippen LogP) is 3.20. The highest BCUT2D eigenvalue weighted by atomic mass is 35.5. The summed E-state index contributed by atoms with van der Waals surface area (Å²) in [6.45, 7) is 2.24. The van der Waals surface area contributed by atoms with E-state index in [0.29, 0.717) is 22.3 Å². The molecule has 0 bridgehead atoms. The summed E-state index contributed by atoms with van der Waals surface area (Å²) in [7, 11) is -2.55. The quantitative estimate of drug-likeness (QED) is 0.881. The van der Waals surface area contributed by atoms with Gasteiger partial charge in [0.1, 0.15) is 12.4 Å². The smallest absolute Gasteiger partial charge is 0.168 e. The number of thiol groups is 1. The zero-order chi connectivity index (χ0) is 13.8. The van der Waals surface area contributed by atoms with E-state index in [1.54, 1.807) is 24.3 Å². The summed E-state index contributed by atoms with van der Waals surface area (Å²) in [6, 6.07) is 12.2. The molecule has 0 spiro atoms. The second-order valence-corrected chi connectivity index (χ2v) is 5.59. The molecule has 100 valence electrons. The molecule has 0 amide bonds. The summed E-state index contributed by atoms with van der Waals surface area (Å²) in [6.07, 6.45) is 0. The van der Waals surface area contributed by atoms with Gasteiger partial charge in [-0.3, -0.25) is 0 Å². The lowest BCUT2D eigenvalue weighted by molar-refractivity contribution is 0.304. The third-order valence-corrected chi connectivity index (χ3v) is 3.63. The zero-order valence-corrected chi connectivity index (χ0v) is 11.9. The van der Waals surface area contributed by atoms with Crippen molar-refractivity contribution in [3.63, 3.8) is 0 Å². The summed E-state index contributed by atoms with van der Waals surface area (Å²) in [4.78, 5) is 0.298. The fourth-order valence-electron chi connectivity index (χ4n) is 1.65. The normalized spacial score (nSPS) is 10.7. The first-order valence-electron chi connectivity index (χ1n) is 5.68. The highest BCUT2D eigenvalue weighted by Crippen LogP contribution is 2.21. The fraction of sp³-hybridized carbons (Fsp3) is 0.143. The Labute approximate surface area is 118 Å². The molecule has 0 aromatic heterocycles. The number of benzene rings is 2. The van der Waals surface area contributed by atoms with Gasteiger partial charge in [-0.1, -0.05) is 23.7 Å². The van der Waals surface area contributed by atoms with Crippen molar-refractivity contribution >= 4 is 22.3 Å². The highest BCUT2D eigenvalue weighted by molar-refractivity contribution is 7.72. The van der Waals surface area contributed by atoms with Crippen LogP contribution in [0.5, 0.6) is 5.75 Å². The van der Waals surface area contributed by atoms with Crippen LogP contribution < -0.4 is 4.74 Å². The van der Waals surface area contributed by atoms with Crippen molar-refractivity contribution in [2.45, 2.75) is 18.4 Å². The van der Waals surface area contributed by atoms with Crippen LogP contribution in [-0.4, -0.2) is 8.42 Å². The second kappa shape index (κ2) is 6.08. The molecule has 0 aliphatic rings. The molecule has 0 saturated heterocycles.